The van der Waals surface area contributed by atoms with E-state index in [4.69, 9.17) is 4.74 Å². The molecule has 1 saturated heterocycles. The van der Waals surface area contributed by atoms with E-state index in [1.165, 1.54) is 22.9 Å². The smallest absolute Gasteiger partial charge is 0.230 e. The summed E-state index contributed by atoms with van der Waals surface area (Å²) < 4.78 is 7.81. The largest absolute Gasteiger partial charge is 0.374 e. The quantitative estimate of drug-likeness (QED) is 0.480. The highest BCUT2D eigenvalue weighted by molar-refractivity contribution is 7.99. The molecule has 1 atom stereocenters. The normalized spacial score (nSPS) is 16.9. The SMILES string of the molecule is Cn1c(SCC(=O)NC[C@@H]2CN(Cc3ccccc3)CCO2)nnc1-c1ccc(C(C)(C)C)cc1. The van der Waals surface area contributed by atoms with Crippen molar-refractivity contribution >= 4 is 17.7 Å². The first-order valence-electron chi connectivity index (χ1n) is 12.1. The molecule has 8 heteroatoms. The van der Waals surface area contributed by atoms with Gasteiger partial charge in [0.05, 0.1) is 18.5 Å². The highest BCUT2D eigenvalue weighted by Gasteiger charge is 2.21. The Hall–Kier alpha value is -2.68. The van der Waals surface area contributed by atoms with Gasteiger partial charge in [-0.05, 0) is 16.5 Å². The summed E-state index contributed by atoms with van der Waals surface area (Å²) in [7, 11) is 1.93. The van der Waals surface area contributed by atoms with Crippen LogP contribution in [0.1, 0.15) is 31.9 Å². The lowest BCUT2D eigenvalue weighted by molar-refractivity contribution is -0.119. The molecular formula is C27H35N5O2S. The van der Waals surface area contributed by atoms with Crippen LogP contribution in [0.25, 0.3) is 11.4 Å². The number of benzene rings is 2. The molecule has 1 fully saturated rings. The summed E-state index contributed by atoms with van der Waals surface area (Å²) in [5.41, 5.74) is 3.69. The van der Waals surface area contributed by atoms with Gasteiger partial charge in [0.1, 0.15) is 0 Å². The Morgan fingerprint density at radius 2 is 1.86 bits per heavy atom. The standard InChI is InChI=1S/C27H35N5O2S/c1-27(2,3)22-12-10-21(11-13-22)25-29-30-26(31(25)4)35-19-24(33)28-16-23-18-32(14-15-34-23)17-20-8-6-5-7-9-20/h5-13,23H,14-19H2,1-4H3,(H,28,33)/t23-/m1/s1. The Balaban J connectivity index is 1.24. The van der Waals surface area contributed by atoms with Crippen LogP contribution in [0.5, 0.6) is 0 Å². The van der Waals surface area contributed by atoms with E-state index in [1.807, 2.05) is 17.7 Å². The van der Waals surface area contributed by atoms with Gasteiger partial charge in [-0.15, -0.1) is 10.2 Å². The van der Waals surface area contributed by atoms with Crippen LogP contribution in [0.2, 0.25) is 0 Å². The zero-order chi connectivity index (χ0) is 24.8. The van der Waals surface area contributed by atoms with E-state index in [2.05, 4.69) is 89.7 Å². The minimum Gasteiger partial charge on any atom is -0.374 e. The van der Waals surface area contributed by atoms with Crippen LogP contribution in [-0.2, 0) is 28.5 Å². The summed E-state index contributed by atoms with van der Waals surface area (Å²) in [6, 6.07) is 18.9. The van der Waals surface area contributed by atoms with Crippen molar-refractivity contribution in [2.24, 2.45) is 7.05 Å². The number of thioether (sulfide) groups is 1. The first-order valence-corrected chi connectivity index (χ1v) is 13.1. The maximum absolute atomic E-state index is 12.5. The van der Waals surface area contributed by atoms with Crippen LogP contribution >= 0.6 is 11.8 Å². The second-order valence-electron chi connectivity index (χ2n) is 10.00. The lowest BCUT2D eigenvalue weighted by atomic mass is 9.87. The van der Waals surface area contributed by atoms with Gasteiger partial charge in [0, 0.05) is 38.8 Å². The molecule has 2 aromatic carbocycles. The Morgan fingerprint density at radius 3 is 2.57 bits per heavy atom. The number of carbonyl (C=O) groups is 1. The van der Waals surface area contributed by atoms with Crippen LogP contribution in [0, 0.1) is 0 Å². The predicted octanol–water partition coefficient (Wildman–Crippen LogP) is 3.89. The molecule has 7 nitrogen and oxygen atoms in total. The maximum Gasteiger partial charge on any atom is 0.230 e. The second-order valence-corrected chi connectivity index (χ2v) is 10.9. The maximum atomic E-state index is 12.5. The van der Waals surface area contributed by atoms with Crippen molar-refractivity contribution in [1.29, 1.82) is 0 Å². The van der Waals surface area contributed by atoms with Gasteiger partial charge in [-0.3, -0.25) is 9.69 Å². The molecule has 2 heterocycles. The molecule has 4 rings (SSSR count). The molecule has 3 aromatic rings. The average Bonchev–Trinajstić information content (AvgIpc) is 3.22. The molecule has 35 heavy (non-hydrogen) atoms. The van der Waals surface area contributed by atoms with Crippen molar-refractivity contribution in [3.8, 4) is 11.4 Å². The molecule has 0 saturated carbocycles. The molecule has 0 aliphatic carbocycles. The number of rotatable bonds is 8. The Labute approximate surface area is 212 Å². The number of hydrogen-bond acceptors (Lipinski definition) is 6. The minimum atomic E-state index is -0.0298. The van der Waals surface area contributed by atoms with Gasteiger partial charge < -0.3 is 14.6 Å². The molecule has 0 bridgehead atoms. The van der Waals surface area contributed by atoms with Crippen LogP contribution < -0.4 is 5.32 Å². The van der Waals surface area contributed by atoms with Crippen molar-refractivity contribution in [1.82, 2.24) is 25.0 Å². The third-order valence-corrected chi connectivity index (χ3v) is 7.20. The van der Waals surface area contributed by atoms with E-state index in [1.54, 1.807) is 0 Å². The van der Waals surface area contributed by atoms with Gasteiger partial charge in [-0.2, -0.15) is 0 Å². The minimum absolute atomic E-state index is 0.00101. The number of ether oxygens (including phenoxy) is 1. The molecule has 0 spiro atoms. The molecule has 0 radical (unpaired) electrons. The van der Waals surface area contributed by atoms with Crippen molar-refractivity contribution in [3.63, 3.8) is 0 Å². The monoisotopic (exact) mass is 493 g/mol. The average molecular weight is 494 g/mol. The number of nitrogens with one attached hydrogen (secondary N) is 1. The Kier molecular flexibility index (Phi) is 8.26. The molecule has 1 amide bonds. The molecule has 0 unspecified atom stereocenters. The third-order valence-electron chi connectivity index (χ3n) is 6.18. The lowest BCUT2D eigenvalue weighted by Crippen LogP contribution is -2.47. The summed E-state index contributed by atoms with van der Waals surface area (Å²) in [5, 5.41) is 12.4. The Morgan fingerprint density at radius 1 is 1.11 bits per heavy atom. The lowest BCUT2D eigenvalue weighted by Gasteiger charge is -2.33. The van der Waals surface area contributed by atoms with Gasteiger partial charge in [0.15, 0.2) is 11.0 Å². The summed E-state index contributed by atoms with van der Waals surface area (Å²) in [6.45, 7) is 10.4. The molecule has 186 valence electrons. The number of aromatic nitrogens is 3. The highest BCUT2D eigenvalue weighted by Crippen LogP contribution is 2.27. The van der Waals surface area contributed by atoms with Gasteiger partial charge in [-0.25, -0.2) is 0 Å². The molecule has 1 aliphatic heterocycles. The summed E-state index contributed by atoms with van der Waals surface area (Å²) in [5.74, 6) is 1.05. The summed E-state index contributed by atoms with van der Waals surface area (Å²) in [4.78, 5) is 14.9. The molecule has 1 aromatic heterocycles. The van der Waals surface area contributed by atoms with Gasteiger partial charge in [-0.1, -0.05) is 87.1 Å². The van der Waals surface area contributed by atoms with Crippen LogP contribution in [0.15, 0.2) is 59.8 Å². The van der Waals surface area contributed by atoms with Crippen molar-refractivity contribution in [3.05, 3.63) is 65.7 Å². The Bertz CT molecular complexity index is 1110. The predicted molar refractivity (Wildman–Crippen MR) is 140 cm³/mol. The zero-order valence-corrected chi connectivity index (χ0v) is 21.8. The molecular weight excluding hydrogens is 458 g/mol. The highest BCUT2D eigenvalue weighted by atomic mass is 32.2. The van der Waals surface area contributed by atoms with E-state index in [-0.39, 0.29) is 23.2 Å². The van der Waals surface area contributed by atoms with Crippen LogP contribution in [0.3, 0.4) is 0 Å². The van der Waals surface area contributed by atoms with Gasteiger partial charge >= 0.3 is 0 Å². The number of carbonyl (C=O) groups excluding carboxylic acids is 1. The third kappa shape index (κ3) is 6.93. The summed E-state index contributed by atoms with van der Waals surface area (Å²) >= 11 is 1.39. The summed E-state index contributed by atoms with van der Waals surface area (Å²) in [6.07, 6.45) is -0.00101. The van der Waals surface area contributed by atoms with Gasteiger partial charge in [0.2, 0.25) is 5.91 Å². The molecule has 1 aliphatic rings. The van der Waals surface area contributed by atoms with E-state index in [9.17, 15) is 4.79 Å². The van der Waals surface area contributed by atoms with Crippen LogP contribution in [-0.4, -0.2) is 63.7 Å². The first-order chi connectivity index (χ1) is 16.8. The van der Waals surface area contributed by atoms with Crippen molar-refractivity contribution < 1.29 is 9.53 Å². The van der Waals surface area contributed by atoms with E-state index < -0.39 is 0 Å². The van der Waals surface area contributed by atoms with Crippen molar-refractivity contribution in [2.45, 2.75) is 44.0 Å². The number of hydrogen-bond donors (Lipinski definition) is 1. The fraction of sp³-hybridized carbons (Fsp3) is 0.444. The number of nitrogens with zero attached hydrogens (tertiary/aromatic N) is 4. The molecule has 1 N–H and O–H groups in total. The first kappa shape index (κ1) is 25.4. The van der Waals surface area contributed by atoms with Gasteiger partial charge in [0.25, 0.3) is 0 Å². The topological polar surface area (TPSA) is 72.3 Å². The fourth-order valence-electron chi connectivity index (χ4n) is 4.11. The van der Waals surface area contributed by atoms with Crippen molar-refractivity contribution in [2.75, 3.05) is 32.0 Å². The fourth-order valence-corrected chi connectivity index (χ4v) is 4.85. The van der Waals surface area contributed by atoms with Crippen LogP contribution in [0.4, 0.5) is 0 Å². The number of morpholine rings is 1. The van der Waals surface area contributed by atoms with E-state index >= 15 is 0 Å². The number of amides is 1. The van der Waals surface area contributed by atoms with E-state index in [0.717, 1.165) is 36.2 Å². The zero-order valence-electron chi connectivity index (χ0n) is 21.0. The van der Waals surface area contributed by atoms with E-state index in [0.29, 0.717) is 13.2 Å². The second kappa shape index (κ2) is 11.4.